The lowest BCUT2D eigenvalue weighted by molar-refractivity contribution is -0.145. The van der Waals surface area contributed by atoms with Crippen LogP contribution in [0, 0.1) is 5.92 Å². The maximum atomic E-state index is 11.3. The van der Waals surface area contributed by atoms with Crippen LogP contribution >= 0.6 is 0 Å². The van der Waals surface area contributed by atoms with E-state index in [0.29, 0.717) is 13.2 Å². The Labute approximate surface area is 102 Å². The molecule has 0 spiro atoms. The summed E-state index contributed by atoms with van der Waals surface area (Å²) in [6.07, 6.45) is 1.79. The Hall–Kier alpha value is -1.35. The van der Waals surface area contributed by atoms with Gasteiger partial charge in [0, 0.05) is 0 Å². The van der Waals surface area contributed by atoms with Gasteiger partial charge in [0.15, 0.2) is 0 Å². The van der Waals surface area contributed by atoms with Gasteiger partial charge in [0.05, 0.1) is 25.2 Å². The summed E-state index contributed by atoms with van der Waals surface area (Å²) in [6, 6.07) is 10.2. The second kappa shape index (κ2) is 5.82. The highest BCUT2D eigenvalue weighted by Gasteiger charge is 2.45. The Morgan fingerprint density at radius 1 is 1.35 bits per heavy atom. The molecule has 1 aromatic rings. The Morgan fingerprint density at radius 3 is 2.82 bits per heavy atom. The first-order chi connectivity index (χ1) is 8.31. The minimum absolute atomic E-state index is 0.0225. The number of carbonyl (C=O) groups excluding carboxylic acids is 1. The van der Waals surface area contributed by atoms with Gasteiger partial charge < -0.3 is 9.47 Å². The van der Waals surface area contributed by atoms with E-state index in [2.05, 4.69) is 12.1 Å². The van der Waals surface area contributed by atoms with Crippen LogP contribution in [0.2, 0.25) is 0 Å². The van der Waals surface area contributed by atoms with E-state index >= 15 is 0 Å². The summed E-state index contributed by atoms with van der Waals surface area (Å²) in [5, 5.41) is 0. The number of hydrogen-bond acceptors (Lipinski definition) is 3. The zero-order valence-electron chi connectivity index (χ0n) is 10.1. The van der Waals surface area contributed by atoms with Crippen LogP contribution in [0.1, 0.15) is 18.9 Å². The molecule has 0 amide bonds. The van der Waals surface area contributed by atoms with E-state index < -0.39 is 0 Å². The minimum atomic E-state index is -0.114. The van der Waals surface area contributed by atoms with E-state index in [-0.39, 0.29) is 18.0 Å². The van der Waals surface area contributed by atoms with Crippen molar-refractivity contribution in [3.63, 3.8) is 0 Å². The van der Waals surface area contributed by atoms with Gasteiger partial charge in [0.1, 0.15) is 0 Å². The van der Waals surface area contributed by atoms with E-state index in [0.717, 1.165) is 12.8 Å². The molecule has 1 aromatic carbocycles. The molecule has 1 fully saturated rings. The van der Waals surface area contributed by atoms with E-state index in [9.17, 15) is 4.79 Å². The van der Waals surface area contributed by atoms with E-state index in [1.807, 2.05) is 25.1 Å². The molecule has 0 heterocycles. The fourth-order valence-corrected chi connectivity index (χ4v) is 1.83. The largest absolute Gasteiger partial charge is 0.466 e. The van der Waals surface area contributed by atoms with Crippen molar-refractivity contribution in [3.05, 3.63) is 35.9 Å². The van der Waals surface area contributed by atoms with Crippen LogP contribution in [0.15, 0.2) is 30.3 Å². The SMILES string of the molecule is CCOC(=O)[C@H]1C[C@@H]1OCCc1ccccc1. The average molecular weight is 234 g/mol. The summed E-state index contributed by atoms with van der Waals surface area (Å²) < 4.78 is 10.6. The van der Waals surface area contributed by atoms with Crippen LogP contribution in [0.5, 0.6) is 0 Å². The Bertz CT molecular complexity index is 361. The second-order valence-electron chi connectivity index (χ2n) is 4.24. The molecule has 2 rings (SSSR count). The number of hydrogen-bond donors (Lipinski definition) is 0. The van der Waals surface area contributed by atoms with E-state index in [4.69, 9.17) is 9.47 Å². The average Bonchev–Trinajstić information content (AvgIpc) is 3.10. The molecule has 3 heteroatoms. The molecule has 1 aliphatic rings. The molecule has 0 bridgehead atoms. The molecular weight excluding hydrogens is 216 g/mol. The topological polar surface area (TPSA) is 35.5 Å². The molecule has 0 aromatic heterocycles. The van der Waals surface area contributed by atoms with Crippen LogP contribution in [-0.2, 0) is 20.7 Å². The van der Waals surface area contributed by atoms with Crippen LogP contribution in [-0.4, -0.2) is 25.3 Å². The second-order valence-corrected chi connectivity index (χ2v) is 4.24. The van der Waals surface area contributed by atoms with Crippen LogP contribution in [0.3, 0.4) is 0 Å². The van der Waals surface area contributed by atoms with Crippen molar-refractivity contribution in [2.24, 2.45) is 5.92 Å². The summed E-state index contributed by atoms with van der Waals surface area (Å²) in [5.74, 6) is -0.136. The van der Waals surface area contributed by atoms with Gasteiger partial charge in [0.2, 0.25) is 0 Å². The Balaban J connectivity index is 1.63. The van der Waals surface area contributed by atoms with Crippen molar-refractivity contribution >= 4 is 5.97 Å². The van der Waals surface area contributed by atoms with Gasteiger partial charge in [-0.2, -0.15) is 0 Å². The molecule has 1 saturated carbocycles. The predicted molar refractivity (Wildman–Crippen MR) is 64.6 cm³/mol. The highest BCUT2D eigenvalue weighted by atomic mass is 16.5. The van der Waals surface area contributed by atoms with E-state index in [1.165, 1.54) is 5.56 Å². The predicted octanol–water partition coefficient (Wildman–Crippen LogP) is 2.20. The van der Waals surface area contributed by atoms with Gasteiger partial charge in [-0.3, -0.25) is 4.79 Å². The third kappa shape index (κ3) is 3.56. The number of benzene rings is 1. The monoisotopic (exact) mass is 234 g/mol. The Kier molecular flexibility index (Phi) is 4.15. The van der Waals surface area contributed by atoms with Gasteiger partial charge in [-0.15, -0.1) is 0 Å². The maximum absolute atomic E-state index is 11.3. The minimum Gasteiger partial charge on any atom is -0.466 e. The van der Waals surface area contributed by atoms with Gasteiger partial charge in [0.25, 0.3) is 0 Å². The first-order valence-corrected chi connectivity index (χ1v) is 6.13. The third-order valence-electron chi connectivity index (χ3n) is 2.89. The molecule has 0 saturated heterocycles. The van der Waals surface area contributed by atoms with Gasteiger partial charge in [-0.25, -0.2) is 0 Å². The van der Waals surface area contributed by atoms with Crippen molar-refractivity contribution in [1.82, 2.24) is 0 Å². The summed E-state index contributed by atoms with van der Waals surface area (Å²) >= 11 is 0. The zero-order valence-corrected chi connectivity index (χ0v) is 10.1. The maximum Gasteiger partial charge on any atom is 0.311 e. The molecule has 3 nitrogen and oxygen atoms in total. The summed E-state index contributed by atoms with van der Waals surface area (Å²) in [4.78, 5) is 11.3. The normalized spacial score (nSPS) is 22.2. The van der Waals surface area contributed by atoms with Crippen LogP contribution in [0.4, 0.5) is 0 Å². The molecule has 2 atom stereocenters. The standard InChI is InChI=1S/C14H18O3/c1-2-16-14(15)12-10-13(12)17-9-8-11-6-4-3-5-7-11/h3-7,12-13H,2,8-10H2,1H3/t12-,13-/m0/s1. The third-order valence-corrected chi connectivity index (χ3v) is 2.89. The van der Waals surface area contributed by atoms with Gasteiger partial charge in [-0.05, 0) is 25.3 Å². The number of carbonyl (C=O) groups is 1. The molecule has 17 heavy (non-hydrogen) atoms. The van der Waals surface area contributed by atoms with Gasteiger partial charge >= 0.3 is 5.97 Å². The molecule has 0 aliphatic heterocycles. The van der Waals surface area contributed by atoms with Crippen LogP contribution < -0.4 is 0 Å². The molecular formula is C14H18O3. The zero-order chi connectivity index (χ0) is 12.1. The quantitative estimate of drug-likeness (QED) is 0.708. The Morgan fingerprint density at radius 2 is 2.12 bits per heavy atom. The van der Waals surface area contributed by atoms with Crippen molar-refractivity contribution in [1.29, 1.82) is 0 Å². The lowest BCUT2D eigenvalue weighted by atomic mass is 10.2. The van der Waals surface area contributed by atoms with Crippen LogP contribution in [0.25, 0.3) is 0 Å². The smallest absolute Gasteiger partial charge is 0.311 e. The summed E-state index contributed by atoms with van der Waals surface area (Å²) in [5.41, 5.74) is 1.26. The lowest BCUT2D eigenvalue weighted by Gasteiger charge is -2.04. The molecule has 92 valence electrons. The number of ether oxygens (including phenoxy) is 2. The summed E-state index contributed by atoms with van der Waals surface area (Å²) in [7, 11) is 0. The fraction of sp³-hybridized carbons (Fsp3) is 0.500. The number of rotatable bonds is 6. The van der Waals surface area contributed by atoms with Crippen molar-refractivity contribution in [2.75, 3.05) is 13.2 Å². The molecule has 0 radical (unpaired) electrons. The van der Waals surface area contributed by atoms with E-state index in [1.54, 1.807) is 0 Å². The highest BCUT2D eigenvalue weighted by Crippen LogP contribution is 2.34. The molecule has 0 unspecified atom stereocenters. The van der Waals surface area contributed by atoms with Gasteiger partial charge in [-0.1, -0.05) is 30.3 Å². The fourth-order valence-electron chi connectivity index (χ4n) is 1.83. The first kappa shape index (κ1) is 12.1. The summed E-state index contributed by atoms with van der Waals surface area (Å²) in [6.45, 7) is 2.95. The molecule has 1 aliphatic carbocycles. The van der Waals surface area contributed by atoms with Crippen molar-refractivity contribution < 1.29 is 14.3 Å². The molecule has 0 N–H and O–H groups in total. The highest BCUT2D eigenvalue weighted by molar-refractivity contribution is 5.76. The first-order valence-electron chi connectivity index (χ1n) is 6.13. The lowest BCUT2D eigenvalue weighted by Crippen LogP contribution is -2.11. The number of esters is 1. The van der Waals surface area contributed by atoms with Crippen molar-refractivity contribution in [3.8, 4) is 0 Å². The van der Waals surface area contributed by atoms with Crippen molar-refractivity contribution in [2.45, 2.75) is 25.9 Å².